The lowest BCUT2D eigenvalue weighted by atomic mass is 9.93. The number of rotatable bonds is 5. The number of methoxy groups -OCH3 is 1. The van der Waals surface area contributed by atoms with Crippen molar-refractivity contribution < 1.29 is 9.53 Å². The third-order valence-electron chi connectivity index (χ3n) is 6.27. The first kappa shape index (κ1) is 22.2. The fourth-order valence-corrected chi connectivity index (χ4v) is 4.74. The first-order valence-corrected chi connectivity index (χ1v) is 11.2. The topological polar surface area (TPSA) is 67.3 Å². The number of carbonyl (C=O) groups is 1. The molecular formula is C26H32N4O2. The Balaban J connectivity index is 1.85. The zero-order valence-electron chi connectivity index (χ0n) is 19.7. The van der Waals surface area contributed by atoms with Gasteiger partial charge in [0, 0.05) is 42.6 Å². The molecule has 0 saturated carbocycles. The summed E-state index contributed by atoms with van der Waals surface area (Å²) in [6.45, 7) is 8.28. The standard InChI is InChI=1S/C26H32N4O2/c1-16-11-17(2)25(24(12-16)32-5)22-9-8-21-20(14-27-18(3)31)13-23(29-26(21)28-22)19-7-6-10-30(4)15-19/h8-9,11-13,19H,6-7,10,14-15H2,1-5H3,(H,27,31). The molecule has 2 aromatic heterocycles. The minimum Gasteiger partial charge on any atom is -0.496 e. The molecule has 1 saturated heterocycles. The Morgan fingerprint density at radius 2 is 2.03 bits per heavy atom. The maximum atomic E-state index is 11.6. The summed E-state index contributed by atoms with van der Waals surface area (Å²) in [7, 11) is 3.86. The van der Waals surface area contributed by atoms with E-state index >= 15 is 0 Å². The van der Waals surface area contributed by atoms with E-state index in [9.17, 15) is 4.79 Å². The molecule has 32 heavy (non-hydrogen) atoms. The van der Waals surface area contributed by atoms with Crippen LogP contribution in [-0.2, 0) is 11.3 Å². The Morgan fingerprint density at radius 3 is 2.75 bits per heavy atom. The fraction of sp³-hybridized carbons (Fsp3) is 0.423. The van der Waals surface area contributed by atoms with Gasteiger partial charge < -0.3 is 15.0 Å². The van der Waals surface area contributed by atoms with Gasteiger partial charge in [-0.1, -0.05) is 6.07 Å². The molecule has 1 aliphatic rings. The van der Waals surface area contributed by atoms with Crippen LogP contribution in [0.4, 0.5) is 0 Å². The van der Waals surface area contributed by atoms with Gasteiger partial charge in [0.25, 0.3) is 0 Å². The molecular weight excluding hydrogens is 400 g/mol. The number of ether oxygens (including phenoxy) is 1. The number of aromatic nitrogens is 2. The predicted molar refractivity (Wildman–Crippen MR) is 128 cm³/mol. The SMILES string of the molecule is COc1cc(C)cc(C)c1-c1ccc2c(CNC(C)=O)cc(C3CCCN(C)C3)nc2n1. The highest BCUT2D eigenvalue weighted by Crippen LogP contribution is 2.35. The van der Waals surface area contributed by atoms with Gasteiger partial charge in [0.15, 0.2) is 5.65 Å². The number of benzene rings is 1. The van der Waals surface area contributed by atoms with Crippen LogP contribution >= 0.6 is 0 Å². The van der Waals surface area contributed by atoms with Crippen molar-refractivity contribution in [1.29, 1.82) is 0 Å². The summed E-state index contributed by atoms with van der Waals surface area (Å²) in [5.41, 5.74) is 6.95. The van der Waals surface area contributed by atoms with Crippen molar-refractivity contribution in [2.24, 2.45) is 0 Å². The van der Waals surface area contributed by atoms with Crippen LogP contribution in [0.2, 0.25) is 0 Å². The number of fused-ring (bicyclic) bond motifs is 1. The van der Waals surface area contributed by atoms with E-state index in [0.29, 0.717) is 12.5 Å². The summed E-state index contributed by atoms with van der Waals surface area (Å²) in [6.07, 6.45) is 2.28. The second-order valence-electron chi connectivity index (χ2n) is 8.94. The molecule has 168 valence electrons. The van der Waals surface area contributed by atoms with Crippen molar-refractivity contribution in [3.63, 3.8) is 0 Å². The van der Waals surface area contributed by atoms with Crippen LogP contribution in [0, 0.1) is 13.8 Å². The lowest BCUT2D eigenvalue weighted by Gasteiger charge is -2.29. The number of likely N-dealkylation sites (tertiary alicyclic amines) is 1. The Kier molecular flexibility index (Phi) is 6.42. The van der Waals surface area contributed by atoms with Crippen molar-refractivity contribution in [3.05, 3.63) is 52.7 Å². The zero-order valence-corrected chi connectivity index (χ0v) is 19.7. The molecule has 3 aromatic rings. The predicted octanol–water partition coefficient (Wildman–Crippen LogP) is 4.37. The lowest BCUT2D eigenvalue weighted by molar-refractivity contribution is -0.119. The number of hydrogen-bond donors (Lipinski definition) is 1. The number of aryl methyl sites for hydroxylation is 2. The van der Waals surface area contributed by atoms with E-state index in [4.69, 9.17) is 14.7 Å². The smallest absolute Gasteiger partial charge is 0.217 e. The summed E-state index contributed by atoms with van der Waals surface area (Å²) in [5, 5.41) is 3.92. The van der Waals surface area contributed by atoms with Gasteiger partial charge in [-0.25, -0.2) is 9.97 Å². The quantitative estimate of drug-likeness (QED) is 0.649. The van der Waals surface area contributed by atoms with Gasteiger partial charge in [-0.3, -0.25) is 4.79 Å². The molecule has 1 unspecified atom stereocenters. The van der Waals surface area contributed by atoms with Gasteiger partial charge in [0.1, 0.15) is 5.75 Å². The van der Waals surface area contributed by atoms with E-state index in [0.717, 1.165) is 76.4 Å². The van der Waals surface area contributed by atoms with Crippen LogP contribution in [-0.4, -0.2) is 48.0 Å². The number of piperidine rings is 1. The van der Waals surface area contributed by atoms with Crippen LogP contribution in [0.15, 0.2) is 30.3 Å². The van der Waals surface area contributed by atoms with E-state index in [1.54, 1.807) is 14.0 Å². The molecule has 1 N–H and O–H groups in total. The van der Waals surface area contributed by atoms with Crippen LogP contribution in [0.3, 0.4) is 0 Å². The van der Waals surface area contributed by atoms with Gasteiger partial charge in [-0.05, 0) is 81.2 Å². The fourth-order valence-electron chi connectivity index (χ4n) is 4.74. The number of pyridine rings is 2. The van der Waals surface area contributed by atoms with Crippen LogP contribution in [0.25, 0.3) is 22.3 Å². The highest BCUT2D eigenvalue weighted by molar-refractivity contribution is 5.84. The third kappa shape index (κ3) is 4.60. The Bertz CT molecular complexity index is 1160. The van der Waals surface area contributed by atoms with Crippen molar-refractivity contribution in [2.75, 3.05) is 27.2 Å². The average molecular weight is 433 g/mol. The minimum absolute atomic E-state index is 0.0430. The molecule has 0 aliphatic carbocycles. The number of hydrogen-bond acceptors (Lipinski definition) is 5. The first-order valence-electron chi connectivity index (χ1n) is 11.2. The van der Waals surface area contributed by atoms with Crippen molar-refractivity contribution in [1.82, 2.24) is 20.2 Å². The van der Waals surface area contributed by atoms with E-state index < -0.39 is 0 Å². The molecule has 6 heteroatoms. The third-order valence-corrected chi connectivity index (χ3v) is 6.27. The molecule has 0 bridgehead atoms. The highest BCUT2D eigenvalue weighted by Gasteiger charge is 2.22. The number of nitrogens with zero attached hydrogens (tertiary/aromatic N) is 3. The Labute approximate surface area is 190 Å². The van der Waals surface area contributed by atoms with Crippen LogP contribution in [0.1, 0.15) is 48.1 Å². The summed E-state index contributed by atoms with van der Waals surface area (Å²) >= 11 is 0. The highest BCUT2D eigenvalue weighted by atomic mass is 16.5. The van der Waals surface area contributed by atoms with E-state index in [-0.39, 0.29) is 5.91 Å². The molecule has 1 aromatic carbocycles. The monoisotopic (exact) mass is 432 g/mol. The van der Waals surface area contributed by atoms with E-state index in [1.165, 1.54) is 0 Å². The summed E-state index contributed by atoms with van der Waals surface area (Å²) in [6, 6.07) is 10.4. The largest absolute Gasteiger partial charge is 0.496 e. The molecule has 1 fully saturated rings. The van der Waals surface area contributed by atoms with Crippen molar-refractivity contribution in [3.8, 4) is 17.0 Å². The second kappa shape index (κ2) is 9.25. The molecule has 4 rings (SSSR count). The van der Waals surface area contributed by atoms with Crippen molar-refractivity contribution in [2.45, 2.75) is 46.1 Å². The summed E-state index contributed by atoms with van der Waals surface area (Å²) in [4.78, 5) is 24.0. The summed E-state index contributed by atoms with van der Waals surface area (Å²) in [5.74, 6) is 1.15. The zero-order chi connectivity index (χ0) is 22.8. The molecule has 1 atom stereocenters. The second-order valence-corrected chi connectivity index (χ2v) is 8.94. The normalized spacial score (nSPS) is 16.8. The molecule has 1 amide bonds. The Morgan fingerprint density at radius 1 is 1.22 bits per heavy atom. The van der Waals surface area contributed by atoms with Gasteiger partial charge in [-0.15, -0.1) is 0 Å². The average Bonchev–Trinajstić information content (AvgIpc) is 2.76. The van der Waals surface area contributed by atoms with Gasteiger partial charge in [-0.2, -0.15) is 0 Å². The van der Waals surface area contributed by atoms with E-state index in [1.807, 2.05) is 12.1 Å². The molecule has 1 aliphatic heterocycles. The number of carbonyl (C=O) groups excluding carboxylic acids is 1. The van der Waals surface area contributed by atoms with E-state index in [2.05, 4.69) is 49.3 Å². The van der Waals surface area contributed by atoms with Crippen molar-refractivity contribution >= 4 is 16.9 Å². The van der Waals surface area contributed by atoms with Gasteiger partial charge in [0.2, 0.25) is 5.91 Å². The maximum Gasteiger partial charge on any atom is 0.217 e. The van der Waals surface area contributed by atoms with Crippen LogP contribution < -0.4 is 10.1 Å². The molecule has 3 heterocycles. The Hall–Kier alpha value is -2.99. The van der Waals surface area contributed by atoms with Gasteiger partial charge in [0.05, 0.1) is 12.8 Å². The molecule has 6 nitrogen and oxygen atoms in total. The molecule has 0 radical (unpaired) electrons. The molecule has 0 spiro atoms. The van der Waals surface area contributed by atoms with Gasteiger partial charge >= 0.3 is 0 Å². The first-order chi connectivity index (χ1) is 15.4. The lowest BCUT2D eigenvalue weighted by Crippen LogP contribution is -2.31. The number of likely N-dealkylation sites (N-methyl/N-ethyl adjacent to an activating group) is 1. The minimum atomic E-state index is -0.0430. The maximum absolute atomic E-state index is 11.6. The van der Waals surface area contributed by atoms with Crippen LogP contribution in [0.5, 0.6) is 5.75 Å². The number of nitrogens with one attached hydrogen (secondary N) is 1. The summed E-state index contributed by atoms with van der Waals surface area (Å²) < 4.78 is 5.68. The number of amides is 1.